The molecule has 57 heavy (non-hydrogen) atoms. The summed E-state index contributed by atoms with van der Waals surface area (Å²) in [7, 11) is 0. The van der Waals surface area contributed by atoms with Crippen LogP contribution < -0.4 is 5.32 Å². The highest BCUT2D eigenvalue weighted by atomic mass is 15.1. The number of nitrogens with zero attached hydrogens (tertiary/aromatic N) is 2. The Kier molecular flexibility index (Phi) is 6.99. The molecule has 3 nitrogen and oxygen atoms in total. The Hall–Kier alpha value is -7.49. The topological polar surface area (TPSA) is 29.3 Å². The number of nitrogens with one attached hydrogen (secondary N) is 1. The van der Waals surface area contributed by atoms with E-state index < -0.39 is 0 Å². The predicted molar refractivity (Wildman–Crippen MR) is 242 cm³/mol. The van der Waals surface area contributed by atoms with Crippen molar-refractivity contribution in [1.29, 1.82) is 0 Å². The van der Waals surface area contributed by atoms with Crippen LogP contribution in [-0.2, 0) is 0 Å². The van der Waals surface area contributed by atoms with E-state index in [2.05, 4.69) is 210 Å². The fraction of sp³-hybridized carbons (Fsp3) is 0.0185. The number of hydrogen-bond acceptors (Lipinski definition) is 2. The Bertz CT molecular complexity index is 3490. The van der Waals surface area contributed by atoms with Crippen LogP contribution in [-0.4, -0.2) is 10.4 Å². The molecule has 2 heterocycles. The second kappa shape index (κ2) is 12.5. The van der Waals surface area contributed by atoms with Crippen molar-refractivity contribution in [2.75, 3.05) is 0 Å². The monoisotopic (exact) mass is 725 g/mol. The molecule has 1 aliphatic heterocycles. The number of benzene rings is 10. The number of rotatable bonds is 4. The van der Waals surface area contributed by atoms with Crippen molar-refractivity contribution in [3.8, 4) is 5.69 Å². The number of hydrogen-bond donors (Lipinski definition) is 1. The van der Waals surface area contributed by atoms with Crippen LogP contribution in [0.4, 0.5) is 0 Å². The van der Waals surface area contributed by atoms with Crippen molar-refractivity contribution in [2.24, 2.45) is 4.99 Å². The summed E-state index contributed by atoms with van der Waals surface area (Å²) in [6.07, 6.45) is 2.31. The molecule has 0 fully saturated rings. The molecule has 10 aromatic carbocycles. The first-order chi connectivity index (χ1) is 28.3. The Morgan fingerprint density at radius 2 is 1.02 bits per heavy atom. The van der Waals surface area contributed by atoms with Crippen molar-refractivity contribution >= 4 is 87.2 Å². The van der Waals surface area contributed by atoms with Crippen LogP contribution in [0.1, 0.15) is 22.7 Å². The molecule has 1 aliphatic rings. The fourth-order valence-corrected chi connectivity index (χ4v) is 9.53. The van der Waals surface area contributed by atoms with E-state index in [1.54, 1.807) is 0 Å². The molecule has 0 saturated carbocycles. The largest absolute Gasteiger partial charge is 0.359 e. The summed E-state index contributed by atoms with van der Waals surface area (Å²) < 4.78 is 2.46. The number of para-hydroxylation sites is 2. The van der Waals surface area contributed by atoms with Crippen molar-refractivity contribution in [1.82, 2.24) is 9.88 Å². The minimum atomic E-state index is -0.116. The van der Waals surface area contributed by atoms with E-state index in [4.69, 9.17) is 4.99 Å². The average Bonchev–Trinajstić information content (AvgIpc) is 3.64. The van der Waals surface area contributed by atoms with Gasteiger partial charge in [-0.15, -0.1) is 0 Å². The van der Waals surface area contributed by atoms with Gasteiger partial charge in [-0.2, -0.15) is 0 Å². The van der Waals surface area contributed by atoms with Crippen LogP contribution >= 0.6 is 0 Å². The van der Waals surface area contributed by atoms with Crippen LogP contribution in [0.25, 0.3) is 87.1 Å². The van der Waals surface area contributed by atoms with Crippen molar-refractivity contribution in [3.63, 3.8) is 0 Å². The lowest BCUT2D eigenvalue weighted by Crippen LogP contribution is -2.31. The summed E-state index contributed by atoms with van der Waals surface area (Å²) in [4.78, 5) is 5.58. The maximum atomic E-state index is 5.58. The third kappa shape index (κ3) is 4.82. The van der Waals surface area contributed by atoms with Gasteiger partial charge in [-0.25, -0.2) is 4.99 Å². The van der Waals surface area contributed by atoms with E-state index in [1.807, 2.05) is 0 Å². The number of amidine groups is 1. The Labute approximate surface area is 329 Å². The molecular formula is C54H35N3. The first kappa shape index (κ1) is 31.8. The van der Waals surface area contributed by atoms with Gasteiger partial charge in [0.15, 0.2) is 0 Å². The molecule has 1 aromatic heterocycles. The lowest BCUT2D eigenvalue weighted by molar-refractivity contribution is 0.788. The van der Waals surface area contributed by atoms with Crippen molar-refractivity contribution in [3.05, 3.63) is 217 Å². The molecule has 0 amide bonds. The summed E-state index contributed by atoms with van der Waals surface area (Å²) in [5.74, 6) is 0.868. The summed E-state index contributed by atoms with van der Waals surface area (Å²) >= 11 is 0. The fourth-order valence-electron chi connectivity index (χ4n) is 9.53. The normalized spacial score (nSPS) is 14.5. The van der Waals surface area contributed by atoms with Gasteiger partial charge < -0.3 is 9.88 Å². The van der Waals surface area contributed by atoms with E-state index in [0.717, 1.165) is 28.3 Å². The third-order valence-electron chi connectivity index (χ3n) is 12.0. The van der Waals surface area contributed by atoms with E-state index in [9.17, 15) is 0 Å². The quantitative estimate of drug-likeness (QED) is 0.180. The van der Waals surface area contributed by atoms with Gasteiger partial charge in [-0.3, -0.25) is 0 Å². The highest BCUT2D eigenvalue weighted by Gasteiger charge is 2.26. The molecule has 1 N–H and O–H groups in total. The zero-order valence-electron chi connectivity index (χ0n) is 31.0. The molecule has 3 heteroatoms. The third-order valence-corrected chi connectivity index (χ3v) is 12.0. The number of aliphatic imine (C=N–C) groups is 1. The second-order valence-electron chi connectivity index (χ2n) is 15.1. The maximum Gasteiger partial charge on any atom is 0.135 e. The predicted octanol–water partition coefficient (Wildman–Crippen LogP) is 13.7. The van der Waals surface area contributed by atoms with Crippen LogP contribution in [0.2, 0.25) is 0 Å². The van der Waals surface area contributed by atoms with Crippen LogP contribution in [0.3, 0.4) is 0 Å². The van der Waals surface area contributed by atoms with E-state index in [-0.39, 0.29) is 6.04 Å². The molecule has 0 radical (unpaired) electrons. The lowest BCUT2D eigenvalue weighted by Gasteiger charge is -2.27. The Morgan fingerprint density at radius 3 is 1.82 bits per heavy atom. The van der Waals surface area contributed by atoms with Gasteiger partial charge >= 0.3 is 0 Å². The zero-order chi connectivity index (χ0) is 37.5. The molecule has 0 spiro atoms. The Morgan fingerprint density at radius 1 is 0.421 bits per heavy atom. The van der Waals surface area contributed by atoms with E-state index in [1.165, 1.54) is 81.2 Å². The highest BCUT2D eigenvalue weighted by Crippen LogP contribution is 2.46. The van der Waals surface area contributed by atoms with Gasteiger partial charge in [0.2, 0.25) is 0 Å². The molecule has 0 saturated heterocycles. The standard InChI is InChI=1S/C54H35N3/c1-2-20-36(21-3-1)57-50-31-13-12-28-45(50)52-51-43-26-10-8-24-39(43)47(32-46(51)40-25-9-11-27-44(40)53(52)57)54-55-48(41-29-14-18-34-16-4-6-22-37(34)41)33-49(56-54)42-30-15-19-35-17-5-7-23-38(35)42/h1-33,48H,(H,55,56). The van der Waals surface area contributed by atoms with E-state index in [0.29, 0.717) is 0 Å². The molecule has 1 atom stereocenters. The first-order valence-corrected chi connectivity index (χ1v) is 19.7. The van der Waals surface area contributed by atoms with Gasteiger partial charge in [0, 0.05) is 38.4 Å². The first-order valence-electron chi connectivity index (χ1n) is 19.7. The van der Waals surface area contributed by atoms with Crippen LogP contribution in [0.15, 0.2) is 205 Å². The molecule has 1 unspecified atom stereocenters. The van der Waals surface area contributed by atoms with Crippen molar-refractivity contribution < 1.29 is 0 Å². The molecular weight excluding hydrogens is 691 g/mol. The minimum absolute atomic E-state index is 0.116. The smallest absolute Gasteiger partial charge is 0.135 e. The highest BCUT2D eigenvalue weighted by molar-refractivity contribution is 6.38. The van der Waals surface area contributed by atoms with Gasteiger partial charge in [0.1, 0.15) is 5.84 Å². The summed E-state index contributed by atoms with van der Waals surface area (Å²) in [6.45, 7) is 0. The van der Waals surface area contributed by atoms with Gasteiger partial charge in [0.05, 0.1) is 22.8 Å². The molecule has 12 rings (SSSR count). The van der Waals surface area contributed by atoms with Crippen molar-refractivity contribution in [2.45, 2.75) is 6.04 Å². The van der Waals surface area contributed by atoms with Crippen LogP contribution in [0, 0.1) is 0 Å². The number of aromatic nitrogens is 1. The number of fused-ring (bicyclic) bond motifs is 12. The Balaban J connectivity index is 1.19. The minimum Gasteiger partial charge on any atom is -0.359 e. The molecule has 266 valence electrons. The summed E-state index contributed by atoms with van der Waals surface area (Å²) in [5, 5.41) is 18.7. The van der Waals surface area contributed by atoms with Gasteiger partial charge in [-0.05, 0) is 79.0 Å². The second-order valence-corrected chi connectivity index (χ2v) is 15.1. The average molecular weight is 726 g/mol. The summed E-state index contributed by atoms with van der Waals surface area (Å²) in [6, 6.07) is 70.3. The van der Waals surface area contributed by atoms with Gasteiger partial charge in [0.25, 0.3) is 0 Å². The maximum absolute atomic E-state index is 5.58. The SMILES string of the molecule is C1=C(c2cccc3ccccc23)N=C(c2cc3c4ccccc4c4c(c5ccccc5n4-c4ccccc4)c3c3ccccc23)NC1c1cccc2ccccc12. The lowest BCUT2D eigenvalue weighted by atomic mass is 9.89. The zero-order valence-corrected chi connectivity index (χ0v) is 31.0. The van der Waals surface area contributed by atoms with Crippen LogP contribution in [0.5, 0.6) is 0 Å². The van der Waals surface area contributed by atoms with E-state index >= 15 is 0 Å². The molecule has 0 aliphatic carbocycles. The molecule has 0 bridgehead atoms. The van der Waals surface area contributed by atoms with Gasteiger partial charge in [-0.1, -0.05) is 170 Å². The molecule has 11 aromatic rings. The summed E-state index contributed by atoms with van der Waals surface area (Å²) in [5.41, 5.74) is 7.99.